The zero-order valence-corrected chi connectivity index (χ0v) is 13.1. The van der Waals surface area contributed by atoms with Crippen LogP contribution in [0.15, 0.2) is 22.7 Å². The fourth-order valence-corrected chi connectivity index (χ4v) is 2.88. The van der Waals surface area contributed by atoms with E-state index in [4.69, 9.17) is 16.1 Å². The first-order chi connectivity index (χ1) is 9.97. The SMILES string of the molecule is Cc1noc(C)c1CSCC(=O)Nc1cc(Cl)ccc1F. The molecule has 0 saturated carbocycles. The molecular weight excluding hydrogens is 315 g/mol. The molecule has 0 spiro atoms. The van der Waals surface area contributed by atoms with Crippen LogP contribution in [-0.2, 0) is 10.5 Å². The van der Waals surface area contributed by atoms with E-state index in [1.54, 1.807) is 0 Å². The van der Waals surface area contributed by atoms with Gasteiger partial charge in [-0.3, -0.25) is 4.79 Å². The summed E-state index contributed by atoms with van der Waals surface area (Å²) in [5, 5.41) is 6.72. The van der Waals surface area contributed by atoms with Gasteiger partial charge >= 0.3 is 0 Å². The molecule has 0 radical (unpaired) electrons. The Morgan fingerprint density at radius 2 is 2.24 bits per heavy atom. The van der Waals surface area contributed by atoms with Gasteiger partial charge in [0.1, 0.15) is 11.6 Å². The minimum absolute atomic E-state index is 0.0884. The molecule has 1 aromatic carbocycles. The van der Waals surface area contributed by atoms with Crippen LogP contribution in [0.3, 0.4) is 0 Å². The number of rotatable bonds is 5. The molecule has 0 unspecified atom stereocenters. The highest BCUT2D eigenvalue weighted by atomic mass is 35.5. The lowest BCUT2D eigenvalue weighted by Gasteiger charge is -2.06. The zero-order chi connectivity index (χ0) is 15.4. The largest absolute Gasteiger partial charge is 0.361 e. The maximum Gasteiger partial charge on any atom is 0.234 e. The monoisotopic (exact) mass is 328 g/mol. The van der Waals surface area contributed by atoms with E-state index < -0.39 is 5.82 Å². The number of nitrogens with zero attached hydrogens (tertiary/aromatic N) is 1. The molecule has 0 aliphatic heterocycles. The molecule has 1 amide bonds. The number of benzene rings is 1. The van der Waals surface area contributed by atoms with E-state index in [1.165, 1.54) is 30.0 Å². The van der Waals surface area contributed by atoms with Crippen LogP contribution in [0.5, 0.6) is 0 Å². The summed E-state index contributed by atoms with van der Waals surface area (Å²) < 4.78 is 18.5. The molecule has 0 aliphatic rings. The Bertz CT molecular complexity index is 641. The fourth-order valence-electron chi connectivity index (χ4n) is 1.73. The third kappa shape index (κ3) is 4.22. The summed E-state index contributed by atoms with van der Waals surface area (Å²) in [5.41, 5.74) is 1.90. The number of carbonyl (C=O) groups is 1. The van der Waals surface area contributed by atoms with Crippen molar-refractivity contribution < 1.29 is 13.7 Å². The first kappa shape index (κ1) is 15.9. The molecule has 2 aromatic rings. The number of aromatic nitrogens is 1. The standard InChI is InChI=1S/C14H14ClFN2O2S/c1-8-11(9(2)20-18-8)6-21-7-14(19)17-13-5-10(15)3-4-12(13)16/h3-5H,6-7H2,1-2H3,(H,17,19). The van der Waals surface area contributed by atoms with Crippen molar-refractivity contribution in [1.82, 2.24) is 5.16 Å². The van der Waals surface area contributed by atoms with Crippen LogP contribution in [-0.4, -0.2) is 16.8 Å². The Morgan fingerprint density at radius 3 is 2.90 bits per heavy atom. The van der Waals surface area contributed by atoms with Crippen LogP contribution < -0.4 is 5.32 Å². The third-order valence-corrected chi connectivity index (χ3v) is 4.06. The quantitative estimate of drug-likeness (QED) is 0.902. The van der Waals surface area contributed by atoms with Crippen molar-refractivity contribution in [3.8, 4) is 0 Å². The van der Waals surface area contributed by atoms with Gasteiger partial charge in [0.25, 0.3) is 0 Å². The second-order valence-electron chi connectivity index (χ2n) is 4.47. The molecule has 0 atom stereocenters. The van der Waals surface area contributed by atoms with Crippen LogP contribution in [0.2, 0.25) is 5.02 Å². The molecule has 1 aromatic heterocycles. The number of nitrogens with one attached hydrogen (secondary N) is 1. The number of hydrogen-bond donors (Lipinski definition) is 1. The molecule has 4 nitrogen and oxygen atoms in total. The van der Waals surface area contributed by atoms with E-state index in [1.807, 2.05) is 13.8 Å². The Hall–Kier alpha value is -1.53. The Morgan fingerprint density at radius 1 is 1.48 bits per heavy atom. The number of thioether (sulfide) groups is 1. The Balaban J connectivity index is 1.87. The first-order valence-corrected chi connectivity index (χ1v) is 7.75. The van der Waals surface area contributed by atoms with Crippen molar-refractivity contribution in [2.45, 2.75) is 19.6 Å². The van der Waals surface area contributed by atoms with Gasteiger partial charge in [-0.25, -0.2) is 4.39 Å². The molecule has 0 fully saturated rings. The summed E-state index contributed by atoms with van der Waals surface area (Å²) in [5.74, 6) is 0.778. The predicted octanol–water partition coefficient (Wildman–Crippen LogP) is 3.96. The predicted molar refractivity (Wildman–Crippen MR) is 82.2 cm³/mol. The molecule has 0 aliphatic carbocycles. The molecule has 2 rings (SSSR count). The van der Waals surface area contributed by atoms with Crippen molar-refractivity contribution in [3.63, 3.8) is 0 Å². The van der Waals surface area contributed by atoms with Crippen molar-refractivity contribution in [1.29, 1.82) is 0 Å². The van der Waals surface area contributed by atoms with Crippen molar-refractivity contribution in [2.75, 3.05) is 11.1 Å². The summed E-state index contributed by atoms with van der Waals surface area (Å²) in [7, 11) is 0. The molecular formula is C14H14ClFN2O2S. The van der Waals surface area contributed by atoms with Crippen LogP contribution in [0.25, 0.3) is 0 Å². The summed E-state index contributed by atoms with van der Waals surface area (Å²) >= 11 is 7.18. The van der Waals surface area contributed by atoms with Gasteiger partial charge < -0.3 is 9.84 Å². The normalized spacial score (nSPS) is 10.7. The number of halogens is 2. The van der Waals surface area contributed by atoms with E-state index in [0.717, 1.165) is 17.0 Å². The molecule has 112 valence electrons. The second kappa shape index (κ2) is 6.95. The van der Waals surface area contributed by atoms with E-state index >= 15 is 0 Å². The summed E-state index contributed by atoms with van der Waals surface area (Å²) in [6, 6.07) is 4.03. The van der Waals surface area contributed by atoms with Crippen molar-refractivity contribution >= 4 is 35.0 Å². The zero-order valence-electron chi connectivity index (χ0n) is 11.6. The lowest BCUT2D eigenvalue weighted by molar-refractivity contribution is -0.113. The van der Waals surface area contributed by atoms with Gasteiger partial charge in [-0.15, -0.1) is 11.8 Å². The number of anilines is 1. The Labute approximate surface area is 131 Å². The molecule has 7 heteroatoms. The van der Waals surface area contributed by atoms with Gasteiger partial charge in [-0.2, -0.15) is 0 Å². The number of amides is 1. The van der Waals surface area contributed by atoms with E-state index in [2.05, 4.69) is 10.5 Å². The smallest absolute Gasteiger partial charge is 0.234 e. The fraction of sp³-hybridized carbons (Fsp3) is 0.286. The maximum absolute atomic E-state index is 13.5. The highest BCUT2D eigenvalue weighted by molar-refractivity contribution is 7.99. The minimum atomic E-state index is -0.511. The topological polar surface area (TPSA) is 55.1 Å². The summed E-state index contributed by atoms with van der Waals surface area (Å²) in [6.07, 6.45) is 0. The molecule has 0 saturated heterocycles. The number of carbonyl (C=O) groups excluding carboxylic acids is 1. The van der Waals surface area contributed by atoms with Crippen LogP contribution in [0.1, 0.15) is 17.0 Å². The van der Waals surface area contributed by atoms with Crippen molar-refractivity contribution in [3.05, 3.63) is 46.1 Å². The molecule has 0 bridgehead atoms. The van der Waals surface area contributed by atoms with Crippen molar-refractivity contribution in [2.24, 2.45) is 0 Å². The van der Waals surface area contributed by atoms with Gasteiger partial charge in [-0.05, 0) is 32.0 Å². The molecule has 1 heterocycles. The minimum Gasteiger partial charge on any atom is -0.361 e. The Kier molecular flexibility index (Phi) is 5.25. The van der Waals surface area contributed by atoms with Gasteiger partial charge in [0, 0.05) is 16.3 Å². The summed E-state index contributed by atoms with van der Waals surface area (Å²) in [6.45, 7) is 3.69. The first-order valence-electron chi connectivity index (χ1n) is 6.21. The van der Waals surface area contributed by atoms with E-state index in [9.17, 15) is 9.18 Å². The van der Waals surface area contributed by atoms with Crippen LogP contribution >= 0.6 is 23.4 Å². The summed E-state index contributed by atoms with van der Waals surface area (Å²) in [4.78, 5) is 11.8. The van der Waals surface area contributed by atoms with E-state index in [-0.39, 0.29) is 17.3 Å². The van der Waals surface area contributed by atoms with E-state index in [0.29, 0.717) is 10.8 Å². The van der Waals surface area contributed by atoms with Crippen LogP contribution in [0.4, 0.5) is 10.1 Å². The number of aryl methyl sites for hydroxylation is 2. The number of hydrogen-bond acceptors (Lipinski definition) is 4. The lowest BCUT2D eigenvalue weighted by atomic mass is 10.2. The maximum atomic E-state index is 13.5. The van der Waals surface area contributed by atoms with Gasteiger partial charge in [0.15, 0.2) is 0 Å². The second-order valence-corrected chi connectivity index (χ2v) is 5.89. The van der Waals surface area contributed by atoms with Gasteiger partial charge in [0.05, 0.1) is 17.1 Å². The van der Waals surface area contributed by atoms with Crippen LogP contribution in [0, 0.1) is 19.7 Å². The average Bonchev–Trinajstić information content (AvgIpc) is 2.74. The van der Waals surface area contributed by atoms with Gasteiger partial charge in [-0.1, -0.05) is 16.8 Å². The molecule has 1 N–H and O–H groups in total. The third-order valence-electron chi connectivity index (χ3n) is 2.86. The lowest BCUT2D eigenvalue weighted by Crippen LogP contribution is -2.15. The average molecular weight is 329 g/mol. The van der Waals surface area contributed by atoms with Gasteiger partial charge in [0.2, 0.25) is 5.91 Å². The highest BCUT2D eigenvalue weighted by Crippen LogP contribution is 2.21. The molecule has 21 heavy (non-hydrogen) atoms. The highest BCUT2D eigenvalue weighted by Gasteiger charge is 2.11.